The van der Waals surface area contributed by atoms with E-state index in [4.69, 9.17) is 4.74 Å². The maximum atomic E-state index is 12.6. The first-order valence-corrected chi connectivity index (χ1v) is 8.44. The highest BCUT2D eigenvalue weighted by Gasteiger charge is 2.21. The van der Waals surface area contributed by atoms with Crippen LogP contribution in [0.2, 0.25) is 0 Å². The van der Waals surface area contributed by atoms with Crippen molar-refractivity contribution >= 4 is 5.91 Å². The summed E-state index contributed by atoms with van der Waals surface area (Å²) in [5.74, 6) is 1.14. The first-order chi connectivity index (χ1) is 11.4. The number of carbonyl (C=O) groups is 1. The van der Waals surface area contributed by atoms with E-state index in [1.54, 1.807) is 4.90 Å². The van der Waals surface area contributed by atoms with Gasteiger partial charge in [-0.2, -0.15) is 0 Å². The largest absolute Gasteiger partial charge is 0.481 e. The van der Waals surface area contributed by atoms with Crippen molar-refractivity contribution in [2.24, 2.45) is 0 Å². The maximum absolute atomic E-state index is 12.6. The number of benzene rings is 2. The van der Waals surface area contributed by atoms with Crippen LogP contribution in [0.3, 0.4) is 0 Å². The highest BCUT2D eigenvalue weighted by molar-refractivity contribution is 5.80. The molecule has 1 amide bonds. The predicted octanol–water partition coefficient (Wildman–Crippen LogP) is 4.54. The van der Waals surface area contributed by atoms with Gasteiger partial charge in [-0.25, -0.2) is 0 Å². The van der Waals surface area contributed by atoms with E-state index >= 15 is 0 Å². The Morgan fingerprint density at radius 3 is 2.38 bits per heavy atom. The van der Waals surface area contributed by atoms with Gasteiger partial charge in [-0.3, -0.25) is 4.79 Å². The SMILES string of the molecule is Cc1ccc(C(C)C)c(O[C@H](C)C(=O)N(C)Cc2ccccc2)c1. The fourth-order valence-corrected chi connectivity index (χ4v) is 2.71. The van der Waals surface area contributed by atoms with E-state index in [1.165, 1.54) is 0 Å². The molecule has 2 aromatic rings. The molecule has 0 heterocycles. The molecule has 3 nitrogen and oxygen atoms in total. The summed E-state index contributed by atoms with van der Waals surface area (Å²) < 4.78 is 6.02. The number of nitrogens with zero attached hydrogens (tertiary/aromatic N) is 1. The number of hydrogen-bond donors (Lipinski definition) is 0. The van der Waals surface area contributed by atoms with Gasteiger partial charge in [0.15, 0.2) is 6.10 Å². The molecule has 2 aromatic carbocycles. The van der Waals surface area contributed by atoms with Gasteiger partial charge in [0.1, 0.15) is 5.75 Å². The number of ether oxygens (including phenoxy) is 1. The quantitative estimate of drug-likeness (QED) is 0.780. The average molecular weight is 325 g/mol. The second-order valence-corrected chi connectivity index (χ2v) is 6.64. The van der Waals surface area contributed by atoms with Crippen LogP contribution in [0.25, 0.3) is 0 Å². The van der Waals surface area contributed by atoms with Crippen LogP contribution in [0.4, 0.5) is 0 Å². The first-order valence-electron chi connectivity index (χ1n) is 8.44. The van der Waals surface area contributed by atoms with Crippen molar-refractivity contribution in [1.29, 1.82) is 0 Å². The molecule has 0 N–H and O–H groups in total. The number of likely N-dealkylation sites (N-methyl/N-ethyl adjacent to an activating group) is 1. The van der Waals surface area contributed by atoms with Gasteiger partial charge in [0.2, 0.25) is 0 Å². The molecule has 0 radical (unpaired) electrons. The Morgan fingerprint density at radius 1 is 1.08 bits per heavy atom. The summed E-state index contributed by atoms with van der Waals surface area (Å²) in [6.45, 7) is 8.69. The summed E-state index contributed by atoms with van der Waals surface area (Å²) in [6.07, 6.45) is -0.516. The lowest BCUT2D eigenvalue weighted by Gasteiger charge is -2.24. The summed E-state index contributed by atoms with van der Waals surface area (Å²) in [5.41, 5.74) is 3.37. The van der Waals surface area contributed by atoms with Crippen molar-refractivity contribution in [3.05, 3.63) is 65.2 Å². The Labute approximate surface area is 145 Å². The van der Waals surface area contributed by atoms with Gasteiger partial charge in [0.05, 0.1) is 0 Å². The molecule has 128 valence electrons. The van der Waals surface area contributed by atoms with Gasteiger partial charge in [-0.15, -0.1) is 0 Å². The van der Waals surface area contributed by atoms with E-state index < -0.39 is 6.10 Å². The summed E-state index contributed by atoms with van der Waals surface area (Å²) in [7, 11) is 1.81. The summed E-state index contributed by atoms with van der Waals surface area (Å²) in [6, 6.07) is 16.2. The molecule has 3 heteroatoms. The Bertz CT molecular complexity index is 679. The van der Waals surface area contributed by atoms with Crippen LogP contribution >= 0.6 is 0 Å². The fourth-order valence-electron chi connectivity index (χ4n) is 2.71. The third-order valence-electron chi connectivity index (χ3n) is 4.08. The molecule has 0 aliphatic carbocycles. The zero-order valence-corrected chi connectivity index (χ0v) is 15.2. The number of carbonyl (C=O) groups excluding carboxylic acids is 1. The van der Waals surface area contributed by atoms with Crippen LogP contribution in [0.5, 0.6) is 5.75 Å². The van der Waals surface area contributed by atoms with Crippen molar-refractivity contribution in [2.45, 2.75) is 46.3 Å². The van der Waals surface area contributed by atoms with Crippen LogP contribution in [0.1, 0.15) is 43.4 Å². The molecule has 24 heavy (non-hydrogen) atoms. The van der Waals surface area contributed by atoms with E-state index in [2.05, 4.69) is 26.0 Å². The van der Waals surface area contributed by atoms with Crippen molar-refractivity contribution in [1.82, 2.24) is 4.90 Å². The standard InChI is InChI=1S/C21H27NO2/c1-15(2)19-12-11-16(3)13-20(19)24-17(4)21(23)22(5)14-18-9-7-6-8-10-18/h6-13,15,17H,14H2,1-5H3/t17-/m1/s1. The number of amides is 1. The smallest absolute Gasteiger partial charge is 0.263 e. The minimum absolute atomic E-state index is 0.0185. The molecule has 0 unspecified atom stereocenters. The van der Waals surface area contributed by atoms with Crippen LogP contribution < -0.4 is 4.74 Å². The van der Waals surface area contributed by atoms with Gasteiger partial charge in [-0.05, 0) is 42.5 Å². The van der Waals surface area contributed by atoms with E-state index in [0.717, 1.165) is 22.4 Å². The van der Waals surface area contributed by atoms with Crippen LogP contribution in [-0.2, 0) is 11.3 Å². The molecule has 0 saturated heterocycles. The molecule has 0 aliphatic rings. The molecule has 1 atom stereocenters. The molecule has 0 aromatic heterocycles. The van der Waals surface area contributed by atoms with Gasteiger partial charge in [0.25, 0.3) is 5.91 Å². The minimum atomic E-state index is -0.516. The Balaban J connectivity index is 2.07. The molecule has 0 saturated carbocycles. The molecule has 0 aliphatic heterocycles. The first kappa shape index (κ1) is 18.1. The van der Waals surface area contributed by atoms with E-state index in [9.17, 15) is 4.79 Å². The highest BCUT2D eigenvalue weighted by Crippen LogP contribution is 2.28. The molecule has 0 fully saturated rings. The minimum Gasteiger partial charge on any atom is -0.481 e. The van der Waals surface area contributed by atoms with E-state index in [1.807, 2.05) is 57.3 Å². The van der Waals surface area contributed by atoms with Crippen LogP contribution in [0, 0.1) is 6.92 Å². The van der Waals surface area contributed by atoms with Crippen LogP contribution in [-0.4, -0.2) is 24.0 Å². The topological polar surface area (TPSA) is 29.5 Å². The van der Waals surface area contributed by atoms with Gasteiger partial charge < -0.3 is 9.64 Å². The normalized spacial score (nSPS) is 12.1. The predicted molar refractivity (Wildman–Crippen MR) is 98.3 cm³/mol. The summed E-state index contributed by atoms with van der Waals surface area (Å²) in [4.78, 5) is 14.3. The third-order valence-corrected chi connectivity index (χ3v) is 4.08. The van der Waals surface area contributed by atoms with Crippen molar-refractivity contribution in [2.75, 3.05) is 7.05 Å². The number of hydrogen-bond acceptors (Lipinski definition) is 2. The van der Waals surface area contributed by atoms with E-state index in [0.29, 0.717) is 12.5 Å². The molecular weight excluding hydrogens is 298 g/mol. The van der Waals surface area contributed by atoms with Crippen molar-refractivity contribution in [3.8, 4) is 5.75 Å². The second kappa shape index (κ2) is 8.00. The Morgan fingerprint density at radius 2 is 1.75 bits per heavy atom. The van der Waals surface area contributed by atoms with Gasteiger partial charge in [-0.1, -0.05) is 56.3 Å². The fraction of sp³-hybridized carbons (Fsp3) is 0.381. The Hall–Kier alpha value is -2.29. The maximum Gasteiger partial charge on any atom is 0.263 e. The van der Waals surface area contributed by atoms with Crippen molar-refractivity contribution in [3.63, 3.8) is 0 Å². The summed E-state index contributed by atoms with van der Waals surface area (Å²) >= 11 is 0. The number of rotatable bonds is 6. The molecule has 0 spiro atoms. The molecule has 0 bridgehead atoms. The zero-order valence-electron chi connectivity index (χ0n) is 15.2. The van der Waals surface area contributed by atoms with E-state index in [-0.39, 0.29) is 5.91 Å². The zero-order chi connectivity index (χ0) is 17.7. The molecular formula is C21H27NO2. The highest BCUT2D eigenvalue weighted by atomic mass is 16.5. The Kier molecular flexibility index (Phi) is 6.02. The third kappa shape index (κ3) is 4.60. The molecule has 2 rings (SSSR count). The lowest BCUT2D eigenvalue weighted by molar-refractivity contribution is -0.137. The number of aryl methyl sites for hydroxylation is 1. The van der Waals surface area contributed by atoms with Crippen LogP contribution in [0.15, 0.2) is 48.5 Å². The lowest BCUT2D eigenvalue weighted by atomic mass is 10.0. The summed E-state index contributed by atoms with van der Waals surface area (Å²) in [5, 5.41) is 0. The lowest BCUT2D eigenvalue weighted by Crippen LogP contribution is -2.37. The average Bonchev–Trinajstić information content (AvgIpc) is 2.54. The van der Waals surface area contributed by atoms with Gasteiger partial charge >= 0.3 is 0 Å². The van der Waals surface area contributed by atoms with Crippen molar-refractivity contribution < 1.29 is 9.53 Å². The monoisotopic (exact) mass is 325 g/mol. The van der Waals surface area contributed by atoms with Gasteiger partial charge in [0, 0.05) is 13.6 Å². The second-order valence-electron chi connectivity index (χ2n) is 6.64.